The number of nitrogens with zero attached hydrogens (tertiary/aromatic N) is 2. The van der Waals surface area contributed by atoms with Gasteiger partial charge in [0.25, 0.3) is 0 Å². The van der Waals surface area contributed by atoms with Crippen molar-refractivity contribution in [2.45, 2.75) is 11.8 Å². The van der Waals surface area contributed by atoms with Crippen LogP contribution in [0.3, 0.4) is 0 Å². The third-order valence-corrected chi connectivity index (χ3v) is 3.73. The van der Waals surface area contributed by atoms with Crippen molar-refractivity contribution in [1.29, 1.82) is 0 Å². The van der Waals surface area contributed by atoms with Crippen LogP contribution in [0, 0.1) is 0 Å². The summed E-state index contributed by atoms with van der Waals surface area (Å²) in [5.41, 5.74) is 2.51. The molecule has 0 aliphatic carbocycles. The number of benzene rings is 1. The van der Waals surface area contributed by atoms with E-state index in [-0.39, 0.29) is 0 Å². The third kappa shape index (κ3) is 1.40. The first-order valence-electron chi connectivity index (χ1n) is 5.26. The van der Waals surface area contributed by atoms with Crippen LogP contribution in [-0.4, -0.2) is 24.8 Å². The molecule has 4 heteroatoms. The number of aliphatic imine (C=N–C) groups is 1. The summed E-state index contributed by atoms with van der Waals surface area (Å²) in [5.74, 6) is 0. The van der Waals surface area contributed by atoms with Crippen LogP contribution in [0.2, 0.25) is 0 Å². The summed E-state index contributed by atoms with van der Waals surface area (Å²) in [4.78, 5) is 8.11. The van der Waals surface area contributed by atoms with E-state index in [1.165, 1.54) is 21.4 Å². The van der Waals surface area contributed by atoms with E-state index < -0.39 is 0 Å². The Morgan fingerprint density at radius 2 is 2.47 bits per heavy atom. The molecule has 0 saturated carbocycles. The first-order valence-corrected chi connectivity index (χ1v) is 6.08. The Morgan fingerprint density at radius 3 is 3.33 bits per heavy atom. The van der Waals surface area contributed by atoms with Gasteiger partial charge in [-0.25, -0.2) is 0 Å². The number of anilines is 2. The van der Waals surface area contributed by atoms with Gasteiger partial charge in [0, 0.05) is 23.7 Å². The molecule has 2 aliphatic heterocycles. The Labute approximate surface area is 93.6 Å². The quantitative estimate of drug-likeness (QED) is 0.827. The molecule has 2 heterocycles. The Morgan fingerprint density at radius 1 is 1.53 bits per heavy atom. The van der Waals surface area contributed by atoms with Gasteiger partial charge in [0.15, 0.2) is 5.17 Å². The summed E-state index contributed by atoms with van der Waals surface area (Å²) in [6.45, 7) is 5.05. The predicted octanol–water partition coefficient (Wildman–Crippen LogP) is 2.40. The molecule has 0 unspecified atom stereocenters. The fourth-order valence-electron chi connectivity index (χ4n) is 1.96. The van der Waals surface area contributed by atoms with E-state index in [0.717, 1.165) is 19.6 Å². The predicted molar refractivity (Wildman–Crippen MR) is 66.1 cm³/mol. The van der Waals surface area contributed by atoms with E-state index in [1.54, 1.807) is 11.8 Å². The summed E-state index contributed by atoms with van der Waals surface area (Å²) in [5, 5.41) is 4.51. The number of nitrogens with one attached hydrogen (secondary N) is 1. The molecule has 0 fully saturated rings. The number of amidine groups is 1. The average Bonchev–Trinajstić information content (AvgIpc) is 2.78. The second kappa shape index (κ2) is 3.45. The van der Waals surface area contributed by atoms with Crippen LogP contribution in [0.4, 0.5) is 11.4 Å². The summed E-state index contributed by atoms with van der Waals surface area (Å²) in [6, 6.07) is 6.54. The zero-order valence-electron chi connectivity index (χ0n) is 8.66. The fourth-order valence-corrected chi connectivity index (χ4v) is 3.03. The molecule has 0 aromatic heterocycles. The van der Waals surface area contributed by atoms with Crippen molar-refractivity contribution in [3.63, 3.8) is 0 Å². The van der Waals surface area contributed by atoms with Crippen molar-refractivity contribution >= 4 is 28.3 Å². The molecule has 78 valence electrons. The number of rotatable bonds is 2. The monoisotopic (exact) mass is 219 g/mol. The minimum atomic E-state index is 0.938. The number of thioether (sulfide) groups is 1. The van der Waals surface area contributed by atoms with Gasteiger partial charge in [-0.2, -0.15) is 0 Å². The van der Waals surface area contributed by atoms with Crippen LogP contribution in [0.1, 0.15) is 6.92 Å². The lowest BCUT2D eigenvalue weighted by Crippen LogP contribution is -2.20. The highest BCUT2D eigenvalue weighted by Crippen LogP contribution is 2.42. The molecule has 0 bridgehead atoms. The molecular weight excluding hydrogens is 206 g/mol. The first kappa shape index (κ1) is 9.09. The molecule has 0 spiro atoms. The van der Waals surface area contributed by atoms with Gasteiger partial charge in [0.2, 0.25) is 0 Å². The second-order valence-electron chi connectivity index (χ2n) is 3.63. The topological polar surface area (TPSA) is 27.6 Å². The molecule has 1 N–H and O–H groups in total. The largest absolute Gasteiger partial charge is 0.385 e. The SMILES string of the molecule is CCNc1ccc2c(c1)N1CCN=C1S2. The molecule has 2 aliphatic rings. The lowest BCUT2D eigenvalue weighted by molar-refractivity contribution is 1.01. The zero-order chi connectivity index (χ0) is 10.3. The van der Waals surface area contributed by atoms with Gasteiger partial charge in [0.05, 0.1) is 12.2 Å². The summed E-state index contributed by atoms with van der Waals surface area (Å²) < 4.78 is 0. The van der Waals surface area contributed by atoms with Crippen LogP contribution in [-0.2, 0) is 0 Å². The third-order valence-electron chi connectivity index (χ3n) is 2.63. The Bertz CT molecular complexity index is 428. The van der Waals surface area contributed by atoms with Crippen LogP contribution in [0.5, 0.6) is 0 Å². The van der Waals surface area contributed by atoms with Gasteiger partial charge in [-0.1, -0.05) is 0 Å². The molecule has 0 atom stereocenters. The maximum Gasteiger partial charge on any atom is 0.168 e. The molecule has 1 aromatic carbocycles. The number of fused-ring (bicyclic) bond motifs is 3. The highest BCUT2D eigenvalue weighted by Gasteiger charge is 2.29. The normalized spacial score (nSPS) is 17.4. The molecule has 3 nitrogen and oxygen atoms in total. The number of hydrogen-bond acceptors (Lipinski definition) is 4. The van der Waals surface area contributed by atoms with E-state index in [4.69, 9.17) is 0 Å². The molecule has 0 radical (unpaired) electrons. The maximum atomic E-state index is 4.47. The molecule has 15 heavy (non-hydrogen) atoms. The van der Waals surface area contributed by atoms with E-state index in [1.807, 2.05) is 0 Å². The average molecular weight is 219 g/mol. The summed E-state index contributed by atoms with van der Waals surface area (Å²) in [7, 11) is 0. The minimum Gasteiger partial charge on any atom is -0.385 e. The first-order chi connectivity index (χ1) is 7.38. The molecule has 0 amide bonds. The molecule has 3 rings (SSSR count). The van der Waals surface area contributed by atoms with E-state index in [9.17, 15) is 0 Å². The Balaban J connectivity index is 1.99. The van der Waals surface area contributed by atoms with Crippen LogP contribution in [0.25, 0.3) is 0 Å². The summed E-state index contributed by atoms with van der Waals surface area (Å²) >= 11 is 1.78. The van der Waals surface area contributed by atoms with Gasteiger partial charge in [-0.3, -0.25) is 4.99 Å². The number of hydrogen-bond donors (Lipinski definition) is 1. The fraction of sp³-hybridized carbons (Fsp3) is 0.364. The smallest absolute Gasteiger partial charge is 0.168 e. The molecule has 0 saturated heterocycles. The highest BCUT2D eigenvalue weighted by atomic mass is 32.2. The van der Waals surface area contributed by atoms with Crippen LogP contribution >= 0.6 is 11.8 Å². The van der Waals surface area contributed by atoms with Crippen molar-refractivity contribution in [2.24, 2.45) is 4.99 Å². The van der Waals surface area contributed by atoms with Gasteiger partial charge < -0.3 is 10.2 Å². The maximum absolute atomic E-state index is 4.47. The van der Waals surface area contributed by atoms with Crippen molar-refractivity contribution < 1.29 is 0 Å². The second-order valence-corrected chi connectivity index (χ2v) is 4.64. The van der Waals surface area contributed by atoms with Crippen LogP contribution in [0.15, 0.2) is 28.1 Å². The highest BCUT2D eigenvalue weighted by molar-refractivity contribution is 8.14. The molecule has 1 aromatic rings. The standard InChI is InChI=1S/C11H13N3S/c1-2-12-8-3-4-10-9(7-8)14-6-5-13-11(14)15-10/h3-4,7,12H,2,5-6H2,1H3. The lowest BCUT2D eigenvalue weighted by atomic mass is 10.2. The summed E-state index contributed by atoms with van der Waals surface area (Å²) in [6.07, 6.45) is 0. The molecular formula is C11H13N3S. The van der Waals surface area contributed by atoms with Crippen molar-refractivity contribution in [2.75, 3.05) is 29.9 Å². The van der Waals surface area contributed by atoms with E-state index in [2.05, 4.69) is 40.3 Å². The van der Waals surface area contributed by atoms with E-state index in [0.29, 0.717) is 0 Å². The zero-order valence-corrected chi connectivity index (χ0v) is 9.47. The van der Waals surface area contributed by atoms with Crippen LogP contribution < -0.4 is 10.2 Å². The van der Waals surface area contributed by atoms with Gasteiger partial charge in [0.1, 0.15) is 0 Å². The van der Waals surface area contributed by atoms with Gasteiger partial charge >= 0.3 is 0 Å². The van der Waals surface area contributed by atoms with E-state index >= 15 is 0 Å². The minimum absolute atomic E-state index is 0.938. The van der Waals surface area contributed by atoms with Crippen molar-refractivity contribution in [3.05, 3.63) is 18.2 Å². The van der Waals surface area contributed by atoms with Crippen molar-refractivity contribution in [3.8, 4) is 0 Å². The Hall–Kier alpha value is -1.16. The van der Waals surface area contributed by atoms with Crippen molar-refractivity contribution in [1.82, 2.24) is 0 Å². The lowest BCUT2D eigenvalue weighted by Gasteiger charge is -2.13. The van der Waals surface area contributed by atoms with Gasteiger partial charge in [-0.15, -0.1) is 0 Å². The van der Waals surface area contributed by atoms with Gasteiger partial charge in [-0.05, 0) is 36.9 Å². The Kier molecular flexibility index (Phi) is 2.09.